The Labute approximate surface area is 105 Å². The third-order valence-corrected chi connectivity index (χ3v) is 2.79. The fraction of sp³-hybridized carbons (Fsp3) is 0.571. The number of rotatable bonds is 7. The zero-order chi connectivity index (χ0) is 12.7. The highest BCUT2D eigenvalue weighted by Gasteiger charge is 2.02. The minimum absolute atomic E-state index is 0.730. The van der Waals surface area contributed by atoms with Gasteiger partial charge in [0.25, 0.3) is 0 Å². The number of benzene rings is 1. The van der Waals surface area contributed by atoms with Crippen LogP contribution in [0, 0.1) is 5.92 Å². The Hall–Kier alpha value is -0.900. The van der Waals surface area contributed by atoms with Crippen LogP contribution in [0.15, 0.2) is 24.3 Å². The molecule has 0 aliphatic carbocycles. The zero-order valence-corrected chi connectivity index (χ0v) is 11.2. The molecule has 0 aromatic heterocycles. The van der Waals surface area contributed by atoms with Crippen molar-refractivity contribution in [3.8, 4) is 0 Å². The van der Waals surface area contributed by atoms with Gasteiger partial charge in [0.05, 0.1) is 0 Å². The molecule has 17 heavy (non-hydrogen) atoms. The fourth-order valence-electron chi connectivity index (χ4n) is 1.98. The first-order chi connectivity index (χ1) is 8.11. The fourth-order valence-corrected chi connectivity index (χ4v) is 1.98. The van der Waals surface area contributed by atoms with Gasteiger partial charge in [-0.25, -0.2) is 0 Å². The van der Waals surface area contributed by atoms with Crippen LogP contribution in [-0.2, 0) is 13.0 Å². The van der Waals surface area contributed by atoms with Crippen LogP contribution >= 0.6 is 0 Å². The van der Waals surface area contributed by atoms with Crippen LogP contribution in [0.4, 0.5) is 0 Å². The lowest BCUT2D eigenvalue weighted by molar-refractivity contribution is 0.299. The summed E-state index contributed by atoms with van der Waals surface area (Å²) in [5.41, 5.74) is 5.29. The van der Waals surface area contributed by atoms with E-state index in [-0.39, 0.29) is 0 Å². The summed E-state index contributed by atoms with van der Waals surface area (Å²) in [5.74, 6) is 6.02. The van der Waals surface area contributed by atoms with Gasteiger partial charge in [-0.05, 0) is 30.5 Å². The smallest absolute Gasteiger partial charge is 0.0348 e. The molecule has 0 fully saturated rings. The number of nitrogens with one attached hydrogen (secondary N) is 1. The van der Waals surface area contributed by atoms with Gasteiger partial charge in [-0.15, -0.1) is 0 Å². The first-order valence-corrected chi connectivity index (χ1v) is 6.31. The monoisotopic (exact) mass is 235 g/mol. The van der Waals surface area contributed by atoms with Crippen LogP contribution in [0.1, 0.15) is 25.0 Å². The van der Waals surface area contributed by atoms with Gasteiger partial charge in [0, 0.05) is 19.6 Å². The van der Waals surface area contributed by atoms with Gasteiger partial charge in [0.1, 0.15) is 0 Å². The van der Waals surface area contributed by atoms with Gasteiger partial charge in [0.2, 0.25) is 0 Å². The Morgan fingerprint density at radius 2 is 1.76 bits per heavy atom. The molecule has 1 rings (SSSR count). The number of likely N-dealkylation sites (N-methyl/N-ethyl adjacent to an activating group) is 1. The lowest BCUT2D eigenvalue weighted by atomic mass is 10.1. The van der Waals surface area contributed by atoms with Crippen molar-refractivity contribution in [2.24, 2.45) is 11.8 Å². The van der Waals surface area contributed by atoms with Crippen LogP contribution in [0.2, 0.25) is 0 Å². The van der Waals surface area contributed by atoms with Gasteiger partial charge in [0.15, 0.2) is 0 Å². The van der Waals surface area contributed by atoms with Crippen LogP contribution in [-0.4, -0.2) is 25.0 Å². The highest BCUT2D eigenvalue weighted by Crippen LogP contribution is 2.06. The first kappa shape index (κ1) is 14.2. The summed E-state index contributed by atoms with van der Waals surface area (Å²) in [7, 11) is 2.19. The zero-order valence-electron chi connectivity index (χ0n) is 11.2. The van der Waals surface area contributed by atoms with Gasteiger partial charge in [-0.3, -0.25) is 11.3 Å². The molecular formula is C14H25N3. The number of nitrogens with zero attached hydrogens (tertiary/aromatic N) is 1. The van der Waals surface area contributed by atoms with E-state index in [0.29, 0.717) is 0 Å². The Balaban J connectivity index is 2.36. The normalized spacial score (nSPS) is 11.4. The molecule has 0 saturated carbocycles. The number of hydrogen-bond donors (Lipinski definition) is 2. The molecule has 0 aliphatic heterocycles. The molecule has 1 aromatic rings. The molecule has 0 unspecified atom stereocenters. The van der Waals surface area contributed by atoms with E-state index in [1.807, 2.05) is 0 Å². The lowest BCUT2D eigenvalue weighted by Gasteiger charge is -2.18. The predicted octanol–water partition coefficient (Wildman–Crippen LogP) is 1.78. The third kappa shape index (κ3) is 5.82. The average molecular weight is 235 g/mol. The summed E-state index contributed by atoms with van der Waals surface area (Å²) < 4.78 is 0. The van der Waals surface area contributed by atoms with E-state index in [1.54, 1.807) is 0 Å². The largest absolute Gasteiger partial charge is 0.306 e. The summed E-state index contributed by atoms with van der Waals surface area (Å²) >= 11 is 0. The average Bonchev–Trinajstić information content (AvgIpc) is 2.28. The third-order valence-electron chi connectivity index (χ3n) is 2.79. The summed E-state index contributed by atoms with van der Waals surface area (Å²) in [6, 6.07) is 8.65. The topological polar surface area (TPSA) is 41.3 Å². The molecule has 3 nitrogen and oxygen atoms in total. The standard InChI is InChI=1S/C14H25N3/c1-12(2)11-17(3)9-8-13-4-6-14(7-5-13)10-16-15/h4-7,12,16H,8-11,15H2,1-3H3. The molecule has 3 heteroatoms. The van der Waals surface area contributed by atoms with Crippen molar-refractivity contribution in [2.45, 2.75) is 26.8 Å². The maximum Gasteiger partial charge on any atom is 0.0348 e. The lowest BCUT2D eigenvalue weighted by Crippen LogP contribution is -2.25. The van der Waals surface area contributed by atoms with E-state index < -0.39 is 0 Å². The van der Waals surface area contributed by atoms with E-state index in [2.05, 4.69) is 55.5 Å². The minimum atomic E-state index is 0.730. The summed E-state index contributed by atoms with van der Waals surface area (Å²) in [6.45, 7) is 7.52. The minimum Gasteiger partial charge on any atom is -0.306 e. The van der Waals surface area contributed by atoms with Gasteiger partial charge >= 0.3 is 0 Å². The van der Waals surface area contributed by atoms with Crippen molar-refractivity contribution in [3.05, 3.63) is 35.4 Å². The van der Waals surface area contributed by atoms with Crippen molar-refractivity contribution in [1.82, 2.24) is 10.3 Å². The maximum absolute atomic E-state index is 5.29. The first-order valence-electron chi connectivity index (χ1n) is 6.31. The van der Waals surface area contributed by atoms with Gasteiger partial charge in [-0.2, -0.15) is 0 Å². The van der Waals surface area contributed by atoms with E-state index in [0.717, 1.165) is 32.0 Å². The summed E-state index contributed by atoms with van der Waals surface area (Å²) in [4.78, 5) is 2.39. The molecular weight excluding hydrogens is 210 g/mol. The highest BCUT2D eigenvalue weighted by atomic mass is 15.2. The second-order valence-electron chi connectivity index (χ2n) is 5.10. The van der Waals surface area contributed by atoms with Crippen molar-refractivity contribution < 1.29 is 0 Å². The van der Waals surface area contributed by atoms with Crippen molar-refractivity contribution in [1.29, 1.82) is 0 Å². The van der Waals surface area contributed by atoms with E-state index >= 15 is 0 Å². The number of nitrogens with two attached hydrogens (primary N) is 1. The predicted molar refractivity (Wildman–Crippen MR) is 73.5 cm³/mol. The maximum atomic E-state index is 5.29. The van der Waals surface area contributed by atoms with Crippen LogP contribution in [0.25, 0.3) is 0 Å². The Morgan fingerprint density at radius 1 is 1.18 bits per heavy atom. The number of hydrazine groups is 1. The Bertz CT molecular complexity index is 306. The Kier molecular flexibility index (Phi) is 6.19. The molecule has 0 radical (unpaired) electrons. The molecule has 3 N–H and O–H groups in total. The highest BCUT2D eigenvalue weighted by molar-refractivity contribution is 5.22. The molecule has 0 heterocycles. The molecule has 0 amide bonds. The van der Waals surface area contributed by atoms with Crippen LogP contribution in [0.5, 0.6) is 0 Å². The molecule has 0 spiro atoms. The SMILES string of the molecule is CC(C)CN(C)CCc1ccc(CNN)cc1. The van der Waals surface area contributed by atoms with E-state index in [4.69, 9.17) is 5.84 Å². The molecule has 0 bridgehead atoms. The molecule has 0 aliphatic rings. The quantitative estimate of drug-likeness (QED) is 0.559. The van der Waals surface area contributed by atoms with Gasteiger partial charge in [-0.1, -0.05) is 38.1 Å². The second-order valence-corrected chi connectivity index (χ2v) is 5.10. The van der Waals surface area contributed by atoms with E-state index in [9.17, 15) is 0 Å². The summed E-state index contributed by atoms with van der Waals surface area (Å²) in [5, 5.41) is 0. The van der Waals surface area contributed by atoms with Crippen LogP contribution in [0.3, 0.4) is 0 Å². The molecule has 0 atom stereocenters. The van der Waals surface area contributed by atoms with Crippen LogP contribution < -0.4 is 11.3 Å². The Morgan fingerprint density at radius 3 is 2.29 bits per heavy atom. The molecule has 1 aromatic carbocycles. The van der Waals surface area contributed by atoms with Crippen molar-refractivity contribution in [2.75, 3.05) is 20.1 Å². The second kappa shape index (κ2) is 7.43. The molecule has 96 valence electrons. The van der Waals surface area contributed by atoms with E-state index in [1.165, 1.54) is 11.1 Å². The molecule has 0 saturated heterocycles. The van der Waals surface area contributed by atoms with Crippen molar-refractivity contribution >= 4 is 0 Å². The van der Waals surface area contributed by atoms with Crippen molar-refractivity contribution in [3.63, 3.8) is 0 Å². The summed E-state index contributed by atoms with van der Waals surface area (Å²) in [6.07, 6.45) is 1.11. The van der Waals surface area contributed by atoms with Gasteiger partial charge < -0.3 is 4.90 Å². The number of hydrogen-bond acceptors (Lipinski definition) is 3.